The lowest BCUT2D eigenvalue weighted by Crippen LogP contribution is -2.53. The molecule has 2 heterocycles. The molecule has 2 aromatic carbocycles. The van der Waals surface area contributed by atoms with Gasteiger partial charge in [0.2, 0.25) is 11.4 Å². The number of carbonyl (C=O) groups is 1. The molecule has 1 unspecified atom stereocenters. The van der Waals surface area contributed by atoms with E-state index in [2.05, 4.69) is 14.1 Å². The number of hydrogen-bond donors (Lipinski definition) is 0. The molecule has 5 heteroatoms. The van der Waals surface area contributed by atoms with Gasteiger partial charge in [-0.05, 0) is 17.7 Å². The summed E-state index contributed by atoms with van der Waals surface area (Å²) in [5, 5.41) is 0.566. The fraction of sp³-hybridized carbons (Fsp3) is 0.381. The summed E-state index contributed by atoms with van der Waals surface area (Å²) < 4.78 is 13.4. The van der Waals surface area contributed by atoms with E-state index in [4.69, 9.17) is 21.1 Å². The third-order valence-electron chi connectivity index (χ3n) is 5.51. The van der Waals surface area contributed by atoms with E-state index in [-0.39, 0.29) is 5.97 Å². The number of esters is 1. The molecular formula is C21H23ClNO3+. The van der Waals surface area contributed by atoms with Gasteiger partial charge >= 0.3 is 5.97 Å². The fourth-order valence-corrected chi connectivity index (χ4v) is 4.06. The minimum atomic E-state index is -1.28. The summed E-state index contributed by atoms with van der Waals surface area (Å²) in [6, 6.07) is 16.8. The van der Waals surface area contributed by atoms with Crippen molar-refractivity contribution in [2.75, 3.05) is 27.2 Å². The van der Waals surface area contributed by atoms with Gasteiger partial charge in [-0.2, -0.15) is 0 Å². The third kappa shape index (κ3) is 2.82. The number of ether oxygens (including phenoxy) is 2. The molecule has 2 aliphatic heterocycles. The normalized spacial score (nSPS) is 26.7. The largest absolute Gasteiger partial charge is 0.430 e. The quantitative estimate of drug-likeness (QED) is 0.595. The molecule has 4 nitrogen and oxygen atoms in total. The van der Waals surface area contributed by atoms with E-state index in [1.165, 1.54) is 0 Å². The first kappa shape index (κ1) is 17.5. The van der Waals surface area contributed by atoms with E-state index in [1.807, 2.05) is 42.5 Å². The number of hydrogen-bond acceptors (Lipinski definition) is 3. The van der Waals surface area contributed by atoms with Gasteiger partial charge in [0.05, 0.1) is 40.0 Å². The van der Waals surface area contributed by atoms with Crippen molar-refractivity contribution in [3.63, 3.8) is 0 Å². The first-order chi connectivity index (χ1) is 12.4. The monoisotopic (exact) mass is 372 g/mol. The lowest BCUT2D eigenvalue weighted by atomic mass is 9.86. The Morgan fingerprint density at radius 2 is 1.62 bits per heavy atom. The summed E-state index contributed by atoms with van der Waals surface area (Å²) in [6.45, 7) is 1.79. The van der Waals surface area contributed by atoms with Crippen LogP contribution in [0.4, 0.5) is 0 Å². The van der Waals surface area contributed by atoms with Crippen molar-refractivity contribution < 1.29 is 18.8 Å². The molecule has 4 rings (SSSR count). The minimum Gasteiger partial charge on any atom is -0.430 e. The molecule has 1 spiro atoms. The predicted octanol–water partition coefficient (Wildman–Crippen LogP) is 3.72. The molecule has 2 saturated heterocycles. The number of rotatable bonds is 2. The van der Waals surface area contributed by atoms with Crippen LogP contribution in [0.1, 0.15) is 24.0 Å². The molecule has 0 bridgehead atoms. The lowest BCUT2D eigenvalue weighted by molar-refractivity contribution is -0.898. The molecule has 1 atom stereocenters. The average molecular weight is 373 g/mol. The molecule has 0 radical (unpaired) electrons. The summed E-state index contributed by atoms with van der Waals surface area (Å²) in [4.78, 5) is 13.2. The van der Waals surface area contributed by atoms with Gasteiger partial charge in [-0.1, -0.05) is 54.1 Å². The van der Waals surface area contributed by atoms with Gasteiger partial charge in [-0.25, -0.2) is 4.79 Å². The number of quaternary nitrogens is 1. The Kier molecular flexibility index (Phi) is 4.10. The topological polar surface area (TPSA) is 35.5 Å². The smallest absolute Gasteiger partial charge is 0.350 e. The molecule has 2 aromatic rings. The summed E-state index contributed by atoms with van der Waals surface area (Å²) in [5.74, 6) is -1.23. The van der Waals surface area contributed by atoms with Gasteiger partial charge < -0.3 is 14.0 Å². The van der Waals surface area contributed by atoms with Crippen molar-refractivity contribution in [2.45, 2.75) is 24.2 Å². The molecule has 2 fully saturated rings. The second-order valence-electron chi connectivity index (χ2n) is 7.84. The summed E-state index contributed by atoms with van der Waals surface area (Å²) in [5.41, 5.74) is 0.196. The Bertz CT molecular complexity index is 826. The van der Waals surface area contributed by atoms with E-state index in [0.717, 1.165) is 23.1 Å². The van der Waals surface area contributed by atoms with Gasteiger partial charge in [0, 0.05) is 10.6 Å². The SMILES string of the molecule is C[N+]1(C)CCC2(CC1)OC(=O)C(c1ccccc1)(c1cccc(Cl)c1)O2. The Morgan fingerprint density at radius 3 is 2.27 bits per heavy atom. The highest BCUT2D eigenvalue weighted by Gasteiger charge is 2.61. The Balaban J connectivity index is 1.81. The number of benzene rings is 2. The Morgan fingerprint density at radius 1 is 0.962 bits per heavy atom. The van der Waals surface area contributed by atoms with Crippen LogP contribution in [0, 0.1) is 0 Å². The van der Waals surface area contributed by atoms with Crippen LogP contribution in [0.5, 0.6) is 0 Å². The molecule has 0 aromatic heterocycles. The van der Waals surface area contributed by atoms with Gasteiger partial charge in [0.25, 0.3) is 0 Å². The van der Waals surface area contributed by atoms with Crippen molar-refractivity contribution in [3.05, 3.63) is 70.7 Å². The highest BCUT2D eigenvalue weighted by Crippen LogP contribution is 2.49. The first-order valence-electron chi connectivity index (χ1n) is 8.93. The summed E-state index contributed by atoms with van der Waals surface area (Å²) in [7, 11) is 4.37. The van der Waals surface area contributed by atoms with Crippen LogP contribution < -0.4 is 0 Å². The molecule has 26 heavy (non-hydrogen) atoms. The summed E-state index contributed by atoms with van der Waals surface area (Å²) in [6.07, 6.45) is 1.36. The molecule has 0 aliphatic carbocycles. The highest BCUT2D eigenvalue weighted by molar-refractivity contribution is 6.30. The lowest BCUT2D eigenvalue weighted by Gasteiger charge is -2.41. The number of nitrogens with zero attached hydrogens (tertiary/aromatic N) is 1. The van der Waals surface area contributed by atoms with Gasteiger partial charge in [-0.15, -0.1) is 0 Å². The van der Waals surface area contributed by atoms with E-state index in [1.54, 1.807) is 12.1 Å². The average Bonchev–Trinajstić information content (AvgIpc) is 2.93. The van der Waals surface area contributed by atoms with Crippen LogP contribution in [0.15, 0.2) is 54.6 Å². The first-order valence-corrected chi connectivity index (χ1v) is 9.30. The second kappa shape index (κ2) is 6.08. The standard InChI is InChI=1S/C21H23ClNO3/c1-23(2)13-11-20(12-14-23)25-19(24)21(26-20,16-7-4-3-5-8-16)17-9-6-10-18(22)15-17/h3-10,15H,11-14H2,1-2H3/q+1. The van der Waals surface area contributed by atoms with Gasteiger partial charge in [0.15, 0.2) is 0 Å². The molecule has 0 amide bonds. The Hall–Kier alpha value is -1.88. The van der Waals surface area contributed by atoms with E-state index >= 15 is 0 Å². The minimum absolute atomic E-state index is 0.363. The highest BCUT2D eigenvalue weighted by atomic mass is 35.5. The zero-order valence-electron chi connectivity index (χ0n) is 15.1. The van der Waals surface area contributed by atoms with Crippen molar-refractivity contribution in [3.8, 4) is 0 Å². The molecular weight excluding hydrogens is 350 g/mol. The molecule has 0 N–H and O–H groups in total. The van der Waals surface area contributed by atoms with Gasteiger partial charge in [0.1, 0.15) is 0 Å². The van der Waals surface area contributed by atoms with Crippen molar-refractivity contribution >= 4 is 17.6 Å². The number of piperidine rings is 1. The van der Waals surface area contributed by atoms with Crippen LogP contribution in [0.2, 0.25) is 5.02 Å². The molecule has 0 saturated carbocycles. The maximum atomic E-state index is 13.2. The van der Waals surface area contributed by atoms with Gasteiger partial charge in [-0.3, -0.25) is 0 Å². The zero-order chi connectivity index (χ0) is 18.4. The third-order valence-corrected chi connectivity index (χ3v) is 5.75. The Labute approximate surface area is 158 Å². The molecule has 2 aliphatic rings. The zero-order valence-corrected chi connectivity index (χ0v) is 15.8. The van der Waals surface area contributed by atoms with Crippen molar-refractivity contribution in [1.29, 1.82) is 0 Å². The van der Waals surface area contributed by atoms with E-state index in [9.17, 15) is 4.79 Å². The number of halogens is 1. The number of likely N-dealkylation sites (tertiary alicyclic amines) is 1. The maximum Gasteiger partial charge on any atom is 0.350 e. The van der Waals surface area contributed by atoms with Crippen LogP contribution in [0.3, 0.4) is 0 Å². The fourth-order valence-electron chi connectivity index (χ4n) is 3.87. The van der Waals surface area contributed by atoms with Crippen LogP contribution in [0.25, 0.3) is 0 Å². The van der Waals surface area contributed by atoms with Crippen molar-refractivity contribution in [1.82, 2.24) is 0 Å². The van der Waals surface area contributed by atoms with E-state index < -0.39 is 11.4 Å². The van der Waals surface area contributed by atoms with E-state index in [0.29, 0.717) is 23.4 Å². The second-order valence-corrected chi connectivity index (χ2v) is 8.28. The summed E-state index contributed by atoms with van der Waals surface area (Å²) >= 11 is 6.22. The van der Waals surface area contributed by atoms with Crippen LogP contribution >= 0.6 is 11.6 Å². The van der Waals surface area contributed by atoms with Crippen molar-refractivity contribution in [2.24, 2.45) is 0 Å². The molecule has 136 valence electrons. The van der Waals surface area contributed by atoms with Crippen LogP contribution in [-0.4, -0.2) is 43.4 Å². The van der Waals surface area contributed by atoms with Crippen LogP contribution in [-0.2, 0) is 19.9 Å². The predicted molar refractivity (Wildman–Crippen MR) is 99.7 cm³/mol. The maximum absolute atomic E-state index is 13.2. The number of carbonyl (C=O) groups excluding carboxylic acids is 1.